The summed E-state index contributed by atoms with van der Waals surface area (Å²) < 4.78 is 10.1. The van der Waals surface area contributed by atoms with Gasteiger partial charge in [-0.1, -0.05) is 18.2 Å². The number of carbonyl (C=O) groups excluding carboxylic acids is 1. The maximum Gasteiger partial charge on any atom is 0.339 e. The van der Waals surface area contributed by atoms with E-state index in [1.54, 1.807) is 26.0 Å². The number of nitrogens with two attached hydrogens (primary N) is 1. The molecule has 1 aromatic carbocycles. The molecule has 86 valence electrons. The molecule has 0 aliphatic rings. The molecule has 2 N–H and O–H groups in total. The molecule has 0 unspecified atom stereocenters. The van der Waals surface area contributed by atoms with Gasteiger partial charge < -0.3 is 15.2 Å². The van der Waals surface area contributed by atoms with E-state index in [9.17, 15) is 4.79 Å². The average molecular weight is 221 g/mol. The second-order valence-electron chi connectivity index (χ2n) is 3.12. The van der Waals surface area contributed by atoms with E-state index < -0.39 is 5.97 Å². The zero-order valence-corrected chi connectivity index (χ0v) is 9.40. The van der Waals surface area contributed by atoms with Gasteiger partial charge in [0.05, 0.1) is 12.2 Å². The van der Waals surface area contributed by atoms with Crippen LogP contribution in [0.25, 0.3) is 0 Å². The SMILES string of the molecule is CCOC(=O)C(C)=C(N)Oc1ccccc1. The van der Waals surface area contributed by atoms with E-state index in [0.29, 0.717) is 12.4 Å². The summed E-state index contributed by atoms with van der Waals surface area (Å²) in [7, 11) is 0. The van der Waals surface area contributed by atoms with E-state index in [4.69, 9.17) is 15.2 Å². The lowest BCUT2D eigenvalue weighted by molar-refractivity contribution is -0.138. The summed E-state index contributed by atoms with van der Waals surface area (Å²) in [5.41, 5.74) is 5.91. The third kappa shape index (κ3) is 3.31. The first-order chi connectivity index (χ1) is 7.65. The van der Waals surface area contributed by atoms with Crippen LogP contribution < -0.4 is 10.5 Å². The van der Waals surface area contributed by atoms with Crippen molar-refractivity contribution in [1.29, 1.82) is 0 Å². The van der Waals surface area contributed by atoms with Crippen molar-refractivity contribution in [3.05, 3.63) is 41.8 Å². The van der Waals surface area contributed by atoms with Crippen molar-refractivity contribution in [1.82, 2.24) is 0 Å². The first-order valence-corrected chi connectivity index (χ1v) is 5.01. The molecule has 0 aliphatic heterocycles. The number of hydrogen-bond acceptors (Lipinski definition) is 4. The summed E-state index contributed by atoms with van der Waals surface area (Å²) in [6.07, 6.45) is 0. The number of carbonyl (C=O) groups is 1. The minimum Gasteiger partial charge on any atom is -0.462 e. The van der Waals surface area contributed by atoms with E-state index in [1.807, 2.05) is 18.2 Å². The third-order valence-corrected chi connectivity index (χ3v) is 1.92. The van der Waals surface area contributed by atoms with Gasteiger partial charge in [0, 0.05) is 0 Å². The van der Waals surface area contributed by atoms with Crippen LogP contribution in [0, 0.1) is 0 Å². The van der Waals surface area contributed by atoms with E-state index in [-0.39, 0.29) is 11.5 Å². The van der Waals surface area contributed by atoms with Gasteiger partial charge in [-0.05, 0) is 26.0 Å². The van der Waals surface area contributed by atoms with Gasteiger partial charge in [-0.3, -0.25) is 0 Å². The molecular weight excluding hydrogens is 206 g/mol. The van der Waals surface area contributed by atoms with Crippen LogP contribution >= 0.6 is 0 Å². The summed E-state index contributed by atoms with van der Waals surface area (Å²) in [4.78, 5) is 11.3. The van der Waals surface area contributed by atoms with E-state index in [0.717, 1.165) is 0 Å². The van der Waals surface area contributed by atoms with Crippen LogP contribution in [0.5, 0.6) is 5.75 Å². The first-order valence-electron chi connectivity index (χ1n) is 5.01. The highest BCUT2D eigenvalue weighted by Gasteiger charge is 2.11. The Hall–Kier alpha value is -1.97. The second-order valence-corrected chi connectivity index (χ2v) is 3.12. The third-order valence-electron chi connectivity index (χ3n) is 1.92. The van der Waals surface area contributed by atoms with Crippen molar-refractivity contribution in [2.45, 2.75) is 13.8 Å². The molecule has 0 saturated carbocycles. The Bertz CT molecular complexity index is 385. The van der Waals surface area contributed by atoms with Gasteiger partial charge >= 0.3 is 5.97 Å². The van der Waals surface area contributed by atoms with Gasteiger partial charge in [0.25, 0.3) is 0 Å². The maximum absolute atomic E-state index is 11.3. The molecule has 4 heteroatoms. The van der Waals surface area contributed by atoms with Gasteiger partial charge in [-0.2, -0.15) is 0 Å². The van der Waals surface area contributed by atoms with Crippen molar-refractivity contribution >= 4 is 5.97 Å². The van der Waals surface area contributed by atoms with E-state index in [2.05, 4.69) is 0 Å². The molecule has 0 atom stereocenters. The molecule has 0 heterocycles. The molecule has 4 nitrogen and oxygen atoms in total. The second kappa shape index (κ2) is 5.80. The lowest BCUT2D eigenvalue weighted by Crippen LogP contribution is -2.16. The van der Waals surface area contributed by atoms with Crippen molar-refractivity contribution in [3.8, 4) is 5.75 Å². The van der Waals surface area contributed by atoms with Crippen LogP contribution in [0.3, 0.4) is 0 Å². The fourth-order valence-corrected chi connectivity index (χ4v) is 1.03. The summed E-state index contributed by atoms with van der Waals surface area (Å²) >= 11 is 0. The molecule has 0 radical (unpaired) electrons. The maximum atomic E-state index is 11.3. The van der Waals surface area contributed by atoms with Crippen LogP contribution in [0.4, 0.5) is 0 Å². The van der Waals surface area contributed by atoms with Gasteiger partial charge in [-0.25, -0.2) is 4.79 Å². The zero-order chi connectivity index (χ0) is 12.0. The first kappa shape index (κ1) is 12.1. The molecular formula is C12H15NO3. The molecule has 0 aliphatic carbocycles. The molecule has 16 heavy (non-hydrogen) atoms. The Kier molecular flexibility index (Phi) is 4.39. The smallest absolute Gasteiger partial charge is 0.339 e. The van der Waals surface area contributed by atoms with Crippen LogP contribution in [0.2, 0.25) is 0 Å². The average Bonchev–Trinajstić information content (AvgIpc) is 2.29. The fourth-order valence-electron chi connectivity index (χ4n) is 1.03. The normalized spacial score (nSPS) is 11.6. The van der Waals surface area contributed by atoms with Crippen LogP contribution in [-0.4, -0.2) is 12.6 Å². The van der Waals surface area contributed by atoms with Gasteiger partial charge in [0.15, 0.2) is 0 Å². The number of ether oxygens (including phenoxy) is 2. The summed E-state index contributed by atoms with van der Waals surface area (Å²) in [6, 6.07) is 9.02. The lowest BCUT2D eigenvalue weighted by atomic mass is 10.3. The standard InChI is InChI=1S/C12H15NO3/c1-3-15-12(14)9(2)11(13)16-10-7-5-4-6-8-10/h4-8H,3,13H2,1-2H3. The van der Waals surface area contributed by atoms with Crippen molar-refractivity contribution in [3.63, 3.8) is 0 Å². The highest BCUT2D eigenvalue weighted by atomic mass is 16.5. The number of esters is 1. The number of rotatable bonds is 4. The number of benzene rings is 1. The molecule has 0 saturated heterocycles. The van der Waals surface area contributed by atoms with Gasteiger partial charge in [0.2, 0.25) is 5.88 Å². The topological polar surface area (TPSA) is 61.5 Å². The predicted molar refractivity (Wildman–Crippen MR) is 60.6 cm³/mol. The Labute approximate surface area is 94.7 Å². The Morgan fingerprint density at radius 1 is 1.31 bits per heavy atom. The number of para-hydroxylation sites is 1. The van der Waals surface area contributed by atoms with Gasteiger partial charge in [-0.15, -0.1) is 0 Å². The van der Waals surface area contributed by atoms with Crippen molar-refractivity contribution in [2.24, 2.45) is 5.73 Å². The Morgan fingerprint density at radius 2 is 1.94 bits per heavy atom. The van der Waals surface area contributed by atoms with Crippen molar-refractivity contribution < 1.29 is 14.3 Å². The summed E-state index contributed by atoms with van der Waals surface area (Å²) in [5, 5.41) is 0. The molecule has 1 aromatic rings. The monoisotopic (exact) mass is 221 g/mol. The molecule has 0 fully saturated rings. The minimum absolute atomic E-state index is 0.0599. The molecule has 0 amide bonds. The molecule has 0 aromatic heterocycles. The summed E-state index contributed by atoms with van der Waals surface area (Å²) in [5.74, 6) is 0.184. The van der Waals surface area contributed by atoms with Crippen LogP contribution in [0.1, 0.15) is 13.8 Å². The van der Waals surface area contributed by atoms with Crippen LogP contribution in [0.15, 0.2) is 41.8 Å². The number of hydrogen-bond donors (Lipinski definition) is 1. The quantitative estimate of drug-likeness (QED) is 0.478. The highest BCUT2D eigenvalue weighted by molar-refractivity contribution is 5.88. The largest absolute Gasteiger partial charge is 0.462 e. The zero-order valence-electron chi connectivity index (χ0n) is 9.40. The van der Waals surface area contributed by atoms with Crippen molar-refractivity contribution in [2.75, 3.05) is 6.61 Å². The predicted octanol–water partition coefficient (Wildman–Crippen LogP) is 1.82. The lowest BCUT2D eigenvalue weighted by Gasteiger charge is -2.08. The molecule has 1 rings (SSSR count). The molecule has 0 bridgehead atoms. The summed E-state index contributed by atoms with van der Waals surface area (Å²) in [6.45, 7) is 3.62. The molecule has 0 spiro atoms. The van der Waals surface area contributed by atoms with E-state index >= 15 is 0 Å². The Morgan fingerprint density at radius 3 is 2.50 bits per heavy atom. The highest BCUT2D eigenvalue weighted by Crippen LogP contribution is 2.12. The van der Waals surface area contributed by atoms with E-state index in [1.165, 1.54) is 0 Å². The van der Waals surface area contributed by atoms with Gasteiger partial charge in [0.1, 0.15) is 5.75 Å². The fraction of sp³-hybridized carbons (Fsp3) is 0.250. The Balaban J connectivity index is 2.73. The van der Waals surface area contributed by atoms with Crippen LogP contribution in [-0.2, 0) is 9.53 Å². The minimum atomic E-state index is -0.462.